The maximum absolute atomic E-state index is 4.85. The Hall–Kier alpha value is -2.10. The van der Waals surface area contributed by atoms with Crippen molar-refractivity contribution in [3.05, 3.63) is 36.4 Å². The summed E-state index contributed by atoms with van der Waals surface area (Å²) in [5, 5.41) is 3.49. The Morgan fingerprint density at radius 3 is 2.54 bits per heavy atom. The van der Waals surface area contributed by atoms with Crippen LogP contribution in [0, 0.1) is 0 Å². The summed E-state index contributed by atoms with van der Waals surface area (Å²) in [6.45, 7) is 5.33. The first-order chi connectivity index (χ1) is 11.9. The minimum absolute atomic E-state index is 0.869. The summed E-state index contributed by atoms with van der Waals surface area (Å²) in [7, 11) is 0. The minimum Gasteiger partial charge on any atom is -0.370 e. The fourth-order valence-electron chi connectivity index (χ4n) is 3.11. The molecule has 128 valence electrons. The van der Waals surface area contributed by atoms with Gasteiger partial charge < -0.3 is 10.2 Å². The third-order valence-corrected chi connectivity index (χ3v) is 4.51. The molecule has 1 fully saturated rings. The number of aromatic nitrogens is 2. The van der Waals surface area contributed by atoms with Gasteiger partial charge in [-0.25, -0.2) is 4.98 Å². The summed E-state index contributed by atoms with van der Waals surface area (Å²) in [5.74, 6) is 1.81. The van der Waals surface area contributed by atoms with Crippen molar-refractivity contribution in [2.24, 2.45) is 0 Å². The van der Waals surface area contributed by atoms with Crippen molar-refractivity contribution in [3.63, 3.8) is 0 Å². The van der Waals surface area contributed by atoms with E-state index in [0.717, 1.165) is 42.7 Å². The summed E-state index contributed by atoms with van der Waals surface area (Å²) in [6, 6.07) is 12.5. The Labute approximate surface area is 145 Å². The lowest BCUT2D eigenvalue weighted by Crippen LogP contribution is -2.31. The molecule has 3 rings (SSSR count). The van der Waals surface area contributed by atoms with Crippen molar-refractivity contribution in [3.8, 4) is 11.3 Å². The molecule has 2 aromatic rings. The van der Waals surface area contributed by atoms with Gasteiger partial charge in [-0.1, -0.05) is 50.1 Å². The highest BCUT2D eigenvalue weighted by molar-refractivity contribution is 5.64. The summed E-state index contributed by atoms with van der Waals surface area (Å²) in [6.07, 6.45) is 7.45. The van der Waals surface area contributed by atoms with Crippen molar-refractivity contribution in [1.29, 1.82) is 0 Å². The number of hydrogen-bond donors (Lipinski definition) is 1. The van der Waals surface area contributed by atoms with Crippen LogP contribution >= 0.6 is 0 Å². The SMILES string of the molecule is CCCCCNc1cc(-c2ccccc2)nc(N2CCCCC2)n1. The van der Waals surface area contributed by atoms with Crippen molar-refractivity contribution in [2.75, 3.05) is 29.9 Å². The molecule has 0 atom stereocenters. The van der Waals surface area contributed by atoms with E-state index in [9.17, 15) is 0 Å². The predicted octanol–water partition coefficient (Wildman–Crippen LogP) is 4.74. The number of nitrogens with zero attached hydrogens (tertiary/aromatic N) is 3. The fraction of sp³-hybridized carbons (Fsp3) is 0.500. The Morgan fingerprint density at radius 2 is 1.79 bits per heavy atom. The van der Waals surface area contributed by atoms with Crippen LogP contribution in [0.2, 0.25) is 0 Å². The van der Waals surface area contributed by atoms with Crippen LogP contribution < -0.4 is 10.2 Å². The normalized spacial score (nSPS) is 14.6. The second-order valence-electron chi connectivity index (χ2n) is 6.49. The van der Waals surface area contributed by atoms with Crippen LogP contribution in [0.25, 0.3) is 11.3 Å². The summed E-state index contributed by atoms with van der Waals surface area (Å²) in [4.78, 5) is 12.0. The lowest BCUT2D eigenvalue weighted by Gasteiger charge is -2.27. The molecule has 0 radical (unpaired) electrons. The molecule has 24 heavy (non-hydrogen) atoms. The standard InChI is InChI=1S/C20H28N4/c1-2-3-8-13-21-19-16-18(17-11-6-4-7-12-17)22-20(23-19)24-14-9-5-10-15-24/h4,6-7,11-12,16H,2-3,5,8-10,13-15H2,1H3,(H,21,22,23). The van der Waals surface area contributed by atoms with E-state index in [2.05, 4.69) is 47.5 Å². The maximum Gasteiger partial charge on any atom is 0.227 e. The Balaban J connectivity index is 1.84. The zero-order valence-electron chi connectivity index (χ0n) is 14.7. The smallest absolute Gasteiger partial charge is 0.227 e. The Kier molecular flexibility index (Phi) is 6.05. The van der Waals surface area contributed by atoms with Crippen LogP contribution in [0.1, 0.15) is 45.4 Å². The van der Waals surface area contributed by atoms with E-state index in [1.165, 1.54) is 38.5 Å². The lowest BCUT2D eigenvalue weighted by molar-refractivity contribution is 0.568. The molecular formula is C20H28N4. The van der Waals surface area contributed by atoms with Gasteiger partial charge in [0.05, 0.1) is 5.69 Å². The van der Waals surface area contributed by atoms with Gasteiger partial charge in [-0.3, -0.25) is 0 Å². The first kappa shape index (κ1) is 16.7. The number of benzene rings is 1. The zero-order chi connectivity index (χ0) is 16.6. The van der Waals surface area contributed by atoms with Gasteiger partial charge in [0.2, 0.25) is 5.95 Å². The van der Waals surface area contributed by atoms with E-state index >= 15 is 0 Å². The van der Waals surface area contributed by atoms with Crippen LogP contribution in [0.4, 0.5) is 11.8 Å². The van der Waals surface area contributed by atoms with Crippen LogP contribution in [-0.2, 0) is 0 Å². The molecular weight excluding hydrogens is 296 g/mol. The average molecular weight is 324 g/mol. The van der Waals surface area contributed by atoms with E-state index in [4.69, 9.17) is 9.97 Å². The molecule has 2 heterocycles. The van der Waals surface area contributed by atoms with E-state index in [1.54, 1.807) is 0 Å². The molecule has 0 aliphatic carbocycles. The summed E-state index contributed by atoms with van der Waals surface area (Å²) < 4.78 is 0. The molecule has 0 bridgehead atoms. The van der Waals surface area contributed by atoms with E-state index in [0.29, 0.717) is 0 Å². The molecule has 0 unspecified atom stereocenters. The topological polar surface area (TPSA) is 41.1 Å². The maximum atomic E-state index is 4.85. The van der Waals surface area contributed by atoms with Gasteiger partial charge in [0.15, 0.2) is 0 Å². The number of anilines is 2. The first-order valence-electron chi connectivity index (χ1n) is 9.30. The molecule has 1 saturated heterocycles. The Morgan fingerprint density at radius 1 is 1.00 bits per heavy atom. The molecule has 4 heteroatoms. The molecule has 1 N–H and O–H groups in total. The average Bonchev–Trinajstić information content (AvgIpc) is 2.66. The fourth-order valence-corrected chi connectivity index (χ4v) is 3.11. The highest BCUT2D eigenvalue weighted by Crippen LogP contribution is 2.24. The molecule has 1 aromatic carbocycles. The van der Waals surface area contributed by atoms with Crippen molar-refractivity contribution in [1.82, 2.24) is 9.97 Å². The molecule has 0 saturated carbocycles. The highest BCUT2D eigenvalue weighted by Gasteiger charge is 2.16. The zero-order valence-corrected chi connectivity index (χ0v) is 14.7. The predicted molar refractivity (Wildman–Crippen MR) is 102 cm³/mol. The highest BCUT2D eigenvalue weighted by atomic mass is 15.3. The van der Waals surface area contributed by atoms with Gasteiger partial charge in [0, 0.05) is 31.3 Å². The number of hydrogen-bond acceptors (Lipinski definition) is 4. The number of unbranched alkanes of at least 4 members (excludes halogenated alkanes) is 2. The summed E-state index contributed by atoms with van der Waals surface area (Å²) in [5.41, 5.74) is 2.15. The van der Waals surface area contributed by atoms with Crippen LogP contribution in [-0.4, -0.2) is 29.6 Å². The van der Waals surface area contributed by atoms with Gasteiger partial charge in [-0.2, -0.15) is 4.98 Å². The van der Waals surface area contributed by atoms with Gasteiger partial charge in [0.1, 0.15) is 5.82 Å². The quantitative estimate of drug-likeness (QED) is 0.747. The third kappa shape index (κ3) is 4.47. The molecule has 4 nitrogen and oxygen atoms in total. The van der Waals surface area contributed by atoms with Gasteiger partial charge in [-0.05, 0) is 25.7 Å². The largest absolute Gasteiger partial charge is 0.370 e. The number of rotatable bonds is 7. The van der Waals surface area contributed by atoms with Crippen molar-refractivity contribution in [2.45, 2.75) is 45.4 Å². The van der Waals surface area contributed by atoms with Crippen LogP contribution in [0.3, 0.4) is 0 Å². The van der Waals surface area contributed by atoms with E-state index in [-0.39, 0.29) is 0 Å². The van der Waals surface area contributed by atoms with E-state index in [1.807, 2.05) is 6.07 Å². The Bertz CT molecular complexity index is 621. The van der Waals surface area contributed by atoms with Crippen molar-refractivity contribution >= 4 is 11.8 Å². The first-order valence-corrected chi connectivity index (χ1v) is 9.30. The second kappa shape index (κ2) is 8.67. The van der Waals surface area contributed by atoms with Crippen LogP contribution in [0.15, 0.2) is 36.4 Å². The molecule has 1 aliphatic heterocycles. The second-order valence-corrected chi connectivity index (χ2v) is 6.49. The van der Waals surface area contributed by atoms with Gasteiger partial charge in [0.25, 0.3) is 0 Å². The number of piperidine rings is 1. The minimum atomic E-state index is 0.869. The third-order valence-electron chi connectivity index (χ3n) is 4.51. The molecule has 0 spiro atoms. The van der Waals surface area contributed by atoms with Crippen LogP contribution in [0.5, 0.6) is 0 Å². The molecule has 0 amide bonds. The van der Waals surface area contributed by atoms with E-state index < -0.39 is 0 Å². The van der Waals surface area contributed by atoms with Gasteiger partial charge in [-0.15, -0.1) is 0 Å². The monoisotopic (exact) mass is 324 g/mol. The molecule has 1 aliphatic rings. The summed E-state index contributed by atoms with van der Waals surface area (Å²) >= 11 is 0. The van der Waals surface area contributed by atoms with Gasteiger partial charge >= 0.3 is 0 Å². The molecule has 1 aromatic heterocycles. The lowest BCUT2D eigenvalue weighted by atomic mass is 10.1. The number of nitrogens with one attached hydrogen (secondary N) is 1. The van der Waals surface area contributed by atoms with Crippen molar-refractivity contribution < 1.29 is 0 Å².